The number of rotatable bonds is 5. The number of nitro benzene ring substituents is 1. The fraction of sp³-hybridized carbons (Fsp3) is 0. The number of nitro groups is 1. The van der Waals surface area contributed by atoms with Crippen LogP contribution in [-0.4, -0.2) is 9.91 Å². The van der Waals surface area contributed by atoms with Gasteiger partial charge in [0.15, 0.2) is 0 Å². The van der Waals surface area contributed by atoms with Crippen molar-refractivity contribution in [2.24, 2.45) is 0 Å². The molecule has 0 saturated heterocycles. The maximum Gasteiger partial charge on any atom is 0.269 e. The first-order valence-corrected chi connectivity index (χ1v) is 9.07. The number of non-ortho nitro benzene ring substituents is 1. The van der Waals surface area contributed by atoms with Crippen LogP contribution in [0.15, 0.2) is 66.1 Å². The van der Waals surface area contributed by atoms with E-state index < -0.39 is 4.92 Å². The third-order valence-electron chi connectivity index (χ3n) is 3.65. The number of hydrogen-bond acceptors (Lipinski definition) is 5. The Balaban J connectivity index is 1.77. The number of aromatic nitrogens is 1. The highest BCUT2D eigenvalue weighted by atomic mass is 35.5. The molecule has 0 atom stereocenters. The van der Waals surface area contributed by atoms with Gasteiger partial charge in [-0.25, -0.2) is 4.98 Å². The second-order valence-electron chi connectivity index (χ2n) is 5.44. The molecule has 3 rings (SSSR count). The third-order valence-corrected chi connectivity index (χ3v) is 4.78. The molecule has 0 N–H and O–H groups in total. The predicted molar refractivity (Wildman–Crippen MR) is 108 cm³/mol. The zero-order valence-corrected chi connectivity index (χ0v) is 15.4. The molecule has 1 aromatic heterocycles. The Morgan fingerprint density at radius 3 is 2.52 bits per heavy atom. The van der Waals surface area contributed by atoms with E-state index in [1.165, 1.54) is 23.5 Å². The van der Waals surface area contributed by atoms with Crippen molar-refractivity contribution in [1.29, 1.82) is 5.26 Å². The Hall–Kier alpha value is -3.27. The minimum absolute atomic E-state index is 0.0397. The van der Waals surface area contributed by atoms with Gasteiger partial charge in [0.05, 0.1) is 16.2 Å². The lowest BCUT2D eigenvalue weighted by Gasteiger charge is -1.96. The Morgan fingerprint density at radius 1 is 1.19 bits per heavy atom. The molecule has 0 aliphatic heterocycles. The number of hydrogen-bond donors (Lipinski definition) is 0. The highest BCUT2D eigenvalue weighted by Crippen LogP contribution is 2.27. The van der Waals surface area contributed by atoms with Crippen molar-refractivity contribution >= 4 is 40.3 Å². The largest absolute Gasteiger partial charge is 0.269 e. The van der Waals surface area contributed by atoms with Crippen molar-refractivity contribution in [3.8, 4) is 17.3 Å². The van der Waals surface area contributed by atoms with Gasteiger partial charge in [0.1, 0.15) is 11.1 Å². The maximum absolute atomic E-state index is 10.7. The van der Waals surface area contributed by atoms with Crippen LogP contribution in [0.4, 0.5) is 5.69 Å². The molecule has 3 aromatic rings. The highest BCUT2D eigenvalue weighted by molar-refractivity contribution is 7.11. The topological polar surface area (TPSA) is 79.8 Å². The SMILES string of the molecule is N#C/C(=C\C=C\c1ccc([N+](=O)[O-])cc1)c1nc(-c2ccc(Cl)cc2)cs1. The molecule has 0 spiro atoms. The van der Waals surface area contributed by atoms with Crippen LogP contribution in [0.5, 0.6) is 0 Å². The van der Waals surface area contributed by atoms with Crippen molar-refractivity contribution in [3.63, 3.8) is 0 Å². The van der Waals surface area contributed by atoms with Crippen LogP contribution in [0, 0.1) is 21.4 Å². The average Bonchev–Trinajstić information content (AvgIpc) is 3.16. The van der Waals surface area contributed by atoms with Gasteiger partial charge in [-0.3, -0.25) is 10.1 Å². The van der Waals surface area contributed by atoms with Gasteiger partial charge in [-0.15, -0.1) is 11.3 Å². The summed E-state index contributed by atoms with van der Waals surface area (Å²) in [5.41, 5.74) is 3.00. The zero-order valence-electron chi connectivity index (χ0n) is 13.9. The molecular formula is C20H12ClN3O2S. The molecule has 5 nitrogen and oxygen atoms in total. The quantitative estimate of drug-likeness (QED) is 0.230. The van der Waals surface area contributed by atoms with E-state index in [1.807, 2.05) is 17.5 Å². The number of nitrogens with zero attached hydrogens (tertiary/aromatic N) is 3. The molecule has 0 unspecified atom stereocenters. The van der Waals surface area contributed by atoms with Gasteiger partial charge in [-0.2, -0.15) is 5.26 Å². The smallest absolute Gasteiger partial charge is 0.258 e. The van der Waals surface area contributed by atoms with E-state index in [1.54, 1.807) is 42.5 Å². The van der Waals surface area contributed by atoms with Crippen molar-refractivity contribution in [3.05, 3.63) is 91.8 Å². The van der Waals surface area contributed by atoms with Crippen LogP contribution in [-0.2, 0) is 0 Å². The molecule has 0 amide bonds. The summed E-state index contributed by atoms with van der Waals surface area (Å²) in [4.78, 5) is 14.7. The summed E-state index contributed by atoms with van der Waals surface area (Å²) < 4.78 is 0. The van der Waals surface area contributed by atoms with Gasteiger partial charge in [-0.05, 0) is 35.9 Å². The lowest BCUT2D eigenvalue weighted by atomic mass is 10.1. The van der Waals surface area contributed by atoms with Crippen LogP contribution in [0.1, 0.15) is 10.6 Å². The van der Waals surface area contributed by atoms with Gasteiger partial charge in [0.25, 0.3) is 5.69 Å². The second-order valence-corrected chi connectivity index (χ2v) is 6.74. The predicted octanol–water partition coefficient (Wildman–Crippen LogP) is 5.99. The first-order valence-electron chi connectivity index (χ1n) is 7.81. The third kappa shape index (κ3) is 4.67. The summed E-state index contributed by atoms with van der Waals surface area (Å²) in [6, 6.07) is 15.7. The van der Waals surface area contributed by atoms with E-state index in [4.69, 9.17) is 11.6 Å². The summed E-state index contributed by atoms with van der Waals surface area (Å²) in [5.74, 6) is 0. The van der Waals surface area contributed by atoms with Gasteiger partial charge < -0.3 is 0 Å². The van der Waals surface area contributed by atoms with Crippen LogP contribution in [0.3, 0.4) is 0 Å². The number of thiazole rings is 1. The molecule has 0 bridgehead atoms. The minimum atomic E-state index is -0.443. The van der Waals surface area contributed by atoms with E-state index in [-0.39, 0.29) is 5.69 Å². The van der Waals surface area contributed by atoms with E-state index in [0.717, 1.165) is 16.8 Å². The summed E-state index contributed by atoms with van der Waals surface area (Å²) in [6.07, 6.45) is 5.17. The standard InChI is InChI=1S/C20H12ClN3O2S/c21-17-8-6-15(7-9-17)19-13-27-20(23-19)16(12-22)3-1-2-14-4-10-18(11-5-14)24(25)26/h1-11,13H/b2-1+,16-3+. The minimum Gasteiger partial charge on any atom is -0.258 e. The van der Waals surface area contributed by atoms with E-state index in [2.05, 4.69) is 11.1 Å². The molecule has 0 radical (unpaired) electrons. The average molecular weight is 394 g/mol. The molecule has 132 valence electrons. The Bertz CT molecular complexity index is 1060. The molecule has 0 aliphatic rings. The lowest BCUT2D eigenvalue weighted by molar-refractivity contribution is -0.384. The van der Waals surface area contributed by atoms with Crippen LogP contribution in [0.25, 0.3) is 22.9 Å². The molecule has 0 saturated carbocycles. The van der Waals surface area contributed by atoms with Crippen molar-refractivity contribution in [2.45, 2.75) is 0 Å². The summed E-state index contributed by atoms with van der Waals surface area (Å²) >= 11 is 7.29. The molecule has 27 heavy (non-hydrogen) atoms. The number of nitriles is 1. The highest BCUT2D eigenvalue weighted by Gasteiger charge is 2.08. The Labute approximate surface area is 164 Å². The molecule has 2 aromatic carbocycles. The molecule has 1 heterocycles. The molecule has 0 aliphatic carbocycles. The van der Waals surface area contributed by atoms with E-state index in [9.17, 15) is 15.4 Å². The number of allylic oxidation sites excluding steroid dienone is 3. The summed E-state index contributed by atoms with van der Waals surface area (Å²) in [5, 5.41) is 23.2. The summed E-state index contributed by atoms with van der Waals surface area (Å²) in [6.45, 7) is 0. The van der Waals surface area contributed by atoms with Gasteiger partial charge in [0.2, 0.25) is 0 Å². The first-order chi connectivity index (χ1) is 13.1. The first kappa shape index (κ1) is 18.5. The molecule has 0 fully saturated rings. The lowest BCUT2D eigenvalue weighted by Crippen LogP contribution is -1.86. The fourth-order valence-corrected chi connectivity index (χ4v) is 3.20. The Morgan fingerprint density at radius 2 is 1.89 bits per heavy atom. The Kier molecular flexibility index (Phi) is 5.77. The van der Waals surface area contributed by atoms with E-state index in [0.29, 0.717) is 15.6 Å². The zero-order chi connectivity index (χ0) is 19.2. The molecular weight excluding hydrogens is 382 g/mol. The molecule has 7 heteroatoms. The van der Waals surface area contributed by atoms with Gasteiger partial charge in [0, 0.05) is 28.1 Å². The van der Waals surface area contributed by atoms with Gasteiger partial charge in [-0.1, -0.05) is 35.9 Å². The second kappa shape index (κ2) is 8.41. The maximum atomic E-state index is 10.7. The fourth-order valence-electron chi connectivity index (χ4n) is 2.27. The normalized spacial score (nSPS) is 11.5. The van der Waals surface area contributed by atoms with Crippen molar-refractivity contribution in [2.75, 3.05) is 0 Å². The summed E-state index contributed by atoms with van der Waals surface area (Å²) in [7, 11) is 0. The van der Waals surface area contributed by atoms with Crippen molar-refractivity contribution < 1.29 is 4.92 Å². The van der Waals surface area contributed by atoms with Gasteiger partial charge >= 0.3 is 0 Å². The van der Waals surface area contributed by atoms with E-state index >= 15 is 0 Å². The van der Waals surface area contributed by atoms with Crippen LogP contribution >= 0.6 is 22.9 Å². The van der Waals surface area contributed by atoms with Crippen LogP contribution < -0.4 is 0 Å². The number of halogens is 1. The van der Waals surface area contributed by atoms with Crippen LogP contribution in [0.2, 0.25) is 5.02 Å². The number of benzene rings is 2. The monoisotopic (exact) mass is 393 g/mol. The van der Waals surface area contributed by atoms with Crippen molar-refractivity contribution in [1.82, 2.24) is 4.98 Å².